The van der Waals surface area contributed by atoms with Crippen LogP contribution in [0, 0.1) is 0 Å². The van der Waals surface area contributed by atoms with Crippen LogP contribution in [-0.2, 0) is 13.0 Å². The van der Waals surface area contributed by atoms with E-state index in [1.165, 1.54) is 4.90 Å². The van der Waals surface area contributed by atoms with Crippen molar-refractivity contribution in [3.05, 3.63) is 101 Å². The molecule has 1 aliphatic heterocycles. The highest BCUT2D eigenvalue weighted by Gasteiger charge is 2.35. The molecule has 0 atom stereocenters. The van der Waals surface area contributed by atoms with Gasteiger partial charge in [-0.15, -0.1) is 0 Å². The van der Waals surface area contributed by atoms with Gasteiger partial charge in [-0.25, -0.2) is 0 Å². The van der Waals surface area contributed by atoms with Gasteiger partial charge in [0.05, 0.1) is 11.1 Å². The second-order valence-electron chi connectivity index (χ2n) is 8.48. The number of fused-ring (bicyclic) bond motifs is 1. The van der Waals surface area contributed by atoms with E-state index in [9.17, 15) is 14.4 Å². The lowest BCUT2D eigenvalue weighted by Gasteiger charge is -2.19. The molecule has 168 valence electrons. The quantitative estimate of drug-likeness (QED) is 0.523. The lowest BCUT2D eigenvalue weighted by Crippen LogP contribution is -2.31. The number of carbonyl (C=O) groups excluding carboxylic acids is 3. The summed E-state index contributed by atoms with van der Waals surface area (Å²) in [4.78, 5) is 43.6. The molecule has 0 fully saturated rings. The Morgan fingerprint density at radius 2 is 1.45 bits per heavy atom. The van der Waals surface area contributed by atoms with Crippen molar-refractivity contribution in [2.24, 2.45) is 0 Å². The highest BCUT2D eigenvalue weighted by Crippen LogP contribution is 2.25. The Bertz CT molecular complexity index is 1190. The van der Waals surface area contributed by atoms with Gasteiger partial charge >= 0.3 is 0 Å². The number of hydrogen-bond acceptors (Lipinski definition) is 4. The molecular formula is C27H27N3O3. The van der Waals surface area contributed by atoms with Crippen LogP contribution >= 0.6 is 0 Å². The van der Waals surface area contributed by atoms with Gasteiger partial charge in [0, 0.05) is 45.5 Å². The van der Waals surface area contributed by atoms with Gasteiger partial charge < -0.3 is 9.80 Å². The van der Waals surface area contributed by atoms with Gasteiger partial charge in [0.1, 0.15) is 0 Å². The van der Waals surface area contributed by atoms with Crippen molar-refractivity contribution < 1.29 is 14.4 Å². The second kappa shape index (κ2) is 9.28. The number of imide groups is 1. The summed E-state index contributed by atoms with van der Waals surface area (Å²) in [6.07, 6.45) is 0.591. The first-order valence-electron chi connectivity index (χ1n) is 10.9. The molecule has 0 unspecified atom stereocenters. The predicted octanol–water partition coefficient (Wildman–Crippen LogP) is 3.86. The summed E-state index contributed by atoms with van der Waals surface area (Å²) >= 11 is 0. The molecule has 4 rings (SSSR count). The average molecular weight is 442 g/mol. The summed E-state index contributed by atoms with van der Waals surface area (Å²) < 4.78 is 0. The molecule has 33 heavy (non-hydrogen) atoms. The van der Waals surface area contributed by atoms with Crippen LogP contribution in [0.25, 0.3) is 0 Å². The van der Waals surface area contributed by atoms with Crippen LogP contribution in [0.15, 0.2) is 72.8 Å². The standard InChI is InChI=1S/C27H27N3O3/c1-28(2)22-12-9-20(10-13-22)18-29(3)25(31)21-11-14-23-24(17-21)27(33)30(26(23)32)16-15-19-7-5-4-6-8-19/h4-14,17H,15-16,18H2,1-3H3. The SMILES string of the molecule is CN(Cc1ccc(N(C)C)cc1)C(=O)c1ccc2c(c1)C(=O)N(CCc1ccccc1)C2=O. The Hall–Kier alpha value is -3.93. The molecule has 0 N–H and O–H groups in total. The van der Waals surface area contributed by atoms with Crippen LogP contribution in [0.2, 0.25) is 0 Å². The van der Waals surface area contributed by atoms with Gasteiger partial charge in [0.25, 0.3) is 17.7 Å². The minimum absolute atomic E-state index is 0.197. The van der Waals surface area contributed by atoms with Crippen LogP contribution in [-0.4, -0.2) is 55.2 Å². The van der Waals surface area contributed by atoms with Crippen LogP contribution in [0.4, 0.5) is 5.69 Å². The number of nitrogens with zero attached hydrogens (tertiary/aromatic N) is 3. The Labute approximate surface area is 194 Å². The van der Waals surface area contributed by atoms with Gasteiger partial charge in [-0.1, -0.05) is 42.5 Å². The zero-order chi connectivity index (χ0) is 23.5. The van der Waals surface area contributed by atoms with E-state index in [1.807, 2.05) is 73.6 Å². The van der Waals surface area contributed by atoms with Crippen molar-refractivity contribution in [2.45, 2.75) is 13.0 Å². The highest BCUT2D eigenvalue weighted by atomic mass is 16.2. The van der Waals surface area contributed by atoms with E-state index < -0.39 is 0 Å². The Kier molecular flexibility index (Phi) is 6.27. The molecule has 0 saturated carbocycles. The molecule has 0 saturated heterocycles. The van der Waals surface area contributed by atoms with Crippen molar-refractivity contribution in [3.8, 4) is 0 Å². The summed E-state index contributed by atoms with van der Waals surface area (Å²) in [5.74, 6) is -0.848. The molecule has 3 amide bonds. The number of amides is 3. The fourth-order valence-corrected chi connectivity index (χ4v) is 3.98. The topological polar surface area (TPSA) is 60.9 Å². The molecule has 3 aromatic rings. The van der Waals surface area contributed by atoms with Gasteiger partial charge in [-0.3, -0.25) is 19.3 Å². The maximum absolute atomic E-state index is 13.0. The number of rotatable bonds is 7. The van der Waals surface area contributed by atoms with Gasteiger partial charge in [-0.2, -0.15) is 0 Å². The molecular weight excluding hydrogens is 414 g/mol. The predicted molar refractivity (Wildman–Crippen MR) is 129 cm³/mol. The first-order valence-corrected chi connectivity index (χ1v) is 10.9. The average Bonchev–Trinajstić information content (AvgIpc) is 3.07. The molecule has 0 bridgehead atoms. The third-order valence-electron chi connectivity index (χ3n) is 5.90. The largest absolute Gasteiger partial charge is 0.378 e. The lowest BCUT2D eigenvalue weighted by molar-refractivity contribution is 0.0655. The normalized spacial score (nSPS) is 12.6. The van der Waals surface area contributed by atoms with Crippen LogP contribution in [0.3, 0.4) is 0 Å². The number of anilines is 1. The molecule has 0 aromatic heterocycles. The Morgan fingerprint density at radius 3 is 2.12 bits per heavy atom. The number of carbonyl (C=O) groups is 3. The Morgan fingerprint density at radius 1 is 0.788 bits per heavy atom. The molecule has 6 heteroatoms. The minimum Gasteiger partial charge on any atom is -0.378 e. The number of hydrogen-bond donors (Lipinski definition) is 0. The summed E-state index contributed by atoms with van der Waals surface area (Å²) in [5, 5.41) is 0. The van der Waals surface area contributed by atoms with E-state index in [2.05, 4.69) is 0 Å². The lowest BCUT2D eigenvalue weighted by atomic mass is 10.0. The first kappa shape index (κ1) is 22.3. The highest BCUT2D eigenvalue weighted by molar-refractivity contribution is 6.22. The van der Waals surface area contributed by atoms with Gasteiger partial charge in [0.2, 0.25) is 0 Å². The second-order valence-corrected chi connectivity index (χ2v) is 8.48. The molecule has 0 spiro atoms. The van der Waals surface area contributed by atoms with E-state index in [4.69, 9.17) is 0 Å². The van der Waals surface area contributed by atoms with Crippen LogP contribution in [0.5, 0.6) is 0 Å². The summed E-state index contributed by atoms with van der Waals surface area (Å²) in [6.45, 7) is 0.752. The van der Waals surface area contributed by atoms with E-state index >= 15 is 0 Å². The zero-order valence-corrected chi connectivity index (χ0v) is 19.1. The fourth-order valence-electron chi connectivity index (χ4n) is 3.98. The summed E-state index contributed by atoms with van der Waals surface area (Å²) in [6, 6.07) is 22.5. The maximum Gasteiger partial charge on any atom is 0.261 e. The van der Waals surface area contributed by atoms with Crippen molar-refractivity contribution in [2.75, 3.05) is 32.6 Å². The van der Waals surface area contributed by atoms with E-state index in [1.54, 1.807) is 30.1 Å². The van der Waals surface area contributed by atoms with Crippen molar-refractivity contribution in [1.82, 2.24) is 9.80 Å². The van der Waals surface area contributed by atoms with Crippen molar-refractivity contribution >= 4 is 23.4 Å². The third kappa shape index (κ3) is 4.65. The van der Waals surface area contributed by atoms with E-state index in [0.717, 1.165) is 16.8 Å². The van der Waals surface area contributed by atoms with Crippen LogP contribution in [0.1, 0.15) is 42.2 Å². The van der Waals surface area contributed by atoms with E-state index in [0.29, 0.717) is 36.2 Å². The molecule has 6 nitrogen and oxygen atoms in total. The minimum atomic E-state index is -0.345. The molecule has 1 aliphatic rings. The van der Waals surface area contributed by atoms with Gasteiger partial charge in [-0.05, 0) is 47.9 Å². The number of benzene rings is 3. The van der Waals surface area contributed by atoms with Crippen molar-refractivity contribution in [1.29, 1.82) is 0 Å². The zero-order valence-electron chi connectivity index (χ0n) is 19.1. The first-order chi connectivity index (χ1) is 15.8. The molecule has 3 aromatic carbocycles. The van der Waals surface area contributed by atoms with Crippen molar-refractivity contribution in [3.63, 3.8) is 0 Å². The summed E-state index contributed by atoms with van der Waals surface area (Å²) in [5.41, 5.74) is 4.20. The smallest absolute Gasteiger partial charge is 0.261 e. The van der Waals surface area contributed by atoms with Crippen LogP contribution < -0.4 is 4.90 Å². The maximum atomic E-state index is 13.0. The molecule has 0 aliphatic carbocycles. The molecule has 0 radical (unpaired) electrons. The Balaban J connectivity index is 1.46. The summed E-state index contributed by atoms with van der Waals surface area (Å²) in [7, 11) is 5.69. The van der Waals surface area contributed by atoms with Gasteiger partial charge in [0.15, 0.2) is 0 Å². The van der Waals surface area contributed by atoms with E-state index in [-0.39, 0.29) is 17.7 Å². The molecule has 1 heterocycles. The monoisotopic (exact) mass is 441 g/mol. The fraction of sp³-hybridized carbons (Fsp3) is 0.222. The third-order valence-corrected chi connectivity index (χ3v) is 5.90.